The summed E-state index contributed by atoms with van der Waals surface area (Å²) in [5, 5.41) is 7.90. The highest BCUT2D eigenvalue weighted by Gasteiger charge is 2.16. The summed E-state index contributed by atoms with van der Waals surface area (Å²) in [7, 11) is 0. The van der Waals surface area contributed by atoms with Gasteiger partial charge in [0.25, 0.3) is 0 Å². The number of hydrogen-bond donors (Lipinski definition) is 1. The molecule has 1 aromatic rings. The van der Waals surface area contributed by atoms with E-state index in [0.29, 0.717) is 10.7 Å². The molecular weight excluding hydrogens is 208 g/mol. The Bertz CT molecular complexity index is 388. The molecule has 1 fully saturated rings. The van der Waals surface area contributed by atoms with Crippen molar-refractivity contribution in [2.45, 2.75) is 33.2 Å². The maximum atomic E-state index is 7.90. The van der Waals surface area contributed by atoms with Gasteiger partial charge in [0.05, 0.1) is 0 Å². The molecule has 4 heteroatoms. The average molecular weight is 226 g/mol. The van der Waals surface area contributed by atoms with Crippen molar-refractivity contribution in [3.05, 3.63) is 15.4 Å². The first-order valence-electron chi connectivity index (χ1n) is 5.47. The van der Waals surface area contributed by atoms with Crippen molar-refractivity contribution >= 4 is 11.3 Å². The Morgan fingerprint density at radius 2 is 2.07 bits per heavy atom. The zero-order valence-corrected chi connectivity index (χ0v) is 10.2. The summed E-state index contributed by atoms with van der Waals surface area (Å²) in [6, 6.07) is 0. The summed E-state index contributed by atoms with van der Waals surface area (Å²) in [4.78, 5) is 1.96. The van der Waals surface area contributed by atoms with Gasteiger partial charge in [-0.2, -0.15) is 0 Å². The molecule has 0 aromatic carbocycles. The van der Waals surface area contributed by atoms with Crippen molar-refractivity contribution in [1.82, 2.24) is 4.57 Å². The summed E-state index contributed by atoms with van der Waals surface area (Å²) in [6.45, 7) is 6.99. The molecule has 1 aliphatic heterocycles. The molecule has 1 aliphatic rings. The van der Waals surface area contributed by atoms with Crippen LogP contribution in [-0.2, 0) is 11.3 Å². The Morgan fingerprint density at radius 3 is 2.60 bits per heavy atom. The lowest BCUT2D eigenvalue weighted by atomic mass is 10.0. The van der Waals surface area contributed by atoms with Crippen LogP contribution >= 0.6 is 11.3 Å². The second-order valence-corrected chi connectivity index (χ2v) is 5.42. The van der Waals surface area contributed by atoms with Gasteiger partial charge < -0.3 is 9.30 Å². The van der Waals surface area contributed by atoms with Gasteiger partial charge in [0, 0.05) is 30.3 Å². The standard InChI is InChI=1S/C11H18N2OS/c1-8-9(2)15-11(12)13(8)7-10-3-5-14-6-4-10/h10,12H,3-7H2,1-2H3. The Labute approximate surface area is 94.2 Å². The maximum Gasteiger partial charge on any atom is 0.182 e. The van der Waals surface area contributed by atoms with Gasteiger partial charge in [-0.05, 0) is 32.6 Å². The summed E-state index contributed by atoms with van der Waals surface area (Å²) in [6.07, 6.45) is 2.28. The number of nitrogens with one attached hydrogen (secondary N) is 1. The minimum absolute atomic E-state index is 0.691. The van der Waals surface area contributed by atoms with E-state index in [4.69, 9.17) is 10.1 Å². The van der Waals surface area contributed by atoms with Gasteiger partial charge >= 0.3 is 0 Å². The molecule has 0 aliphatic carbocycles. The van der Waals surface area contributed by atoms with Crippen LogP contribution in [0.5, 0.6) is 0 Å². The second kappa shape index (κ2) is 4.49. The number of aryl methyl sites for hydroxylation is 1. The number of nitrogens with zero attached hydrogens (tertiary/aromatic N) is 1. The summed E-state index contributed by atoms with van der Waals surface area (Å²) in [5.41, 5.74) is 1.26. The van der Waals surface area contributed by atoms with E-state index in [2.05, 4.69) is 18.4 Å². The molecule has 1 saturated heterocycles. The largest absolute Gasteiger partial charge is 0.381 e. The molecule has 0 amide bonds. The van der Waals surface area contributed by atoms with E-state index in [1.807, 2.05) is 0 Å². The number of thiazole rings is 1. The number of aromatic nitrogens is 1. The molecule has 0 atom stereocenters. The van der Waals surface area contributed by atoms with E-state index in [9.17, 15) is 0 Å². The molecule has 0 unspecified atom stereocenters. The lowest BCUT2D eigenvalue weighted by Crippen LogP contribution is -2.25. The van der Waals surface area contributed by atoms with Gasteiger partial charge in [-0.15, -0.1) is 11.3 Å². The van der Waals surface area contributed by atoms with E-state index in [0.717, 1.165) is 32.6 Å². The monoisotopic (exact) mass is 226 g/mol. The second-order valence-electron chi connectivity index (χ2n) is 4.22. The zero-order valence-electron chi connectivity index (χ0n) is 9.38. The van der Waals surface area contributed by atoms with Gasteiger partial charge in [0.15, 0.2) is 4.80 Å². The van der Waals surface area contributed by atoms with Crippen LogP contribution in [0.2, 0.25) is 0 Å². The average Bonchev–Trinajstić information content (AvgIpc) is 2.47. The molecule has 84 valence electrons. The molecule has 3 nitrogen and oxygen atoms in total. The lowest BCUT2D eigenvalue weighted by Gasteiger charge is -2.22. The van der Waals surface area contributed by atoms with Gasteiger partial charge in [-0.3, -0.25) is 5.41 Å². The van der Waals surface area contributed by atoms with E-state index in [1.54, 1.807) is 11.3 Å². The molecule has 1 aromatic heterocycles. The quantitative estimate of drug-likeness (QED) is 0.823. The Kier molecular flexibility index (Phi) is 3.26. The number of rotatable bonds is 2. The molecule has 15 heavy (non-hydrogen) atoms. The van der Waals surface area contributed by atoms with Gasteiger partial charge in [-0.1, -0.05) is 0 Å². The Hall–Kier alpha value is -0.610. The van der Waals surface area contributed by atoms with Crippen LogP contribution in [0.3, 0.4) is 0 Å². The van der Waals surface area contributed by atoms with Crippen molar-refractivity contribution < 1.29 is 4.74 Å². The highest BCUT2D eigenvalue weighted by molar-refractivity contribution is 7.09. The van der Waals surface area contributed by atoms with Gasteiger partial charge in [0.1, 0.15) is 0 Å². The normalized spacial score (nSPS) is 18.3. The third-order valence-electron chi connectivity index (χ3n) is 3.19. The van der Waals surface area contributed by atoms with Crippen LogP contribution in [0.4, 0.5) is 0 Å². The SMILES string of the molecule is Cc1sc(=N)n(CC2CCOCC2)c1C. The Morgan fingerprint density at radius 1 is 1.40 bits per heavy atom. The minimum Gasteiger partial charge on any atom is -0.381 e. The first-order chi connectivity index (χ1) is 7.18. The van der Waals surface area contributed by atoms with Crippen LogP contribution in [0, 0.1) is 25.2 Å². The third kappa shape index (κ3) is 2.32. The fourth-order valence-electron chi connectivity index (χ4n) is 2.02. The van der Waals surface area contributed by atoms with Crippen LogP contribution in [0.15, 0.2) is 0 Å². The fraction of sp³-hybridized carbons (Fsp3) is 0.727. The van der Waals surface area contributed by atoms with E-state index >= 15 is 0 Å². The zero-order chi connectivity index (χ0) is 10.8. The summed E-state index contributed by atoms with van der Waals surface area (Å²) in [5.74, 6) is 0.695. The number of hydrogen-bond acceptors (Lipinski definition) is 3. The van der Waals surface area contributed by atoms with Crippen LogP contribution in [-0.4, -0.2) is 17.8 Å². The molecule has 1 N–H and O–H groups in total. The maximum absolute atomic E-state index is 7.90. The van der Waals surface area contributed by atoms with Crippen LogP contribution in [0.25, 0.3) is 0 Å². The van der Waals surface area contributed by atoms with E-state index in [-0.39, 0.29) is 0 Å². The summed E-state index contributed by atoms with van der Waals surface area (Å²) >= 11 is 1.58. The fourth-order valence-corrected chi connectivity index (χ4v) is 2.89. The molecule has 2 rings (SSSR count). The predicted octanol–water partition coefficient (Wildman–Crippen LogP) is 2.07. The third-order valence-corrected chi connectivity index (χ3v) is 4.21. The molecular formula is C11H18N2OS. The molecule has 0 spiro atoms. The topological polar surface area (TPSA) is 38.0 Å². The van der Waals surface area contributed by atoms with Crippen LogP contribution in [0.1, 0.15) is 23.4 Å². The van der Waals surface area contributed by atoms with Gasteiger partial charge in [0.2, 0.25) is 0 Å². The van der Waals surface area contributed by atoms with Crippen molar-refractivity contribution in [2.24, 2.45) is 5.92 Å². The highest BCUT2D eigenvalue weighted by atomic mass is 32.1. The smallest absolute Gasteiger partial charge is 0.182 e. The van der Waals surface area contributed by atoms with Crippen molar-refractivity contribution in [2.75, 3.05) is 13.2 Å². The van der Waals surface area contributed by atoms with Crippen LogP contribution < -0.4 is 4.80 Å². The van der Waals surface area contributed by atoms with Crippen molar-refractivity contribution in [1.29, 1.82) is 5.41 Å². The molecule has 0 radical (unpaired) electrons. The van der Waals surface area contributed by atoms with E-state index in [1.165, 1.54) is 10.6 Å². The van der Waals surface area contributed by atoms with E-state index < -0.39 is 0 Å². The Balaban J connectivity index is 2.12. The molecule has 0 saturated carbocycles. The van der Waals surface area contributed by atoms with Crippen molar-refractivity contribution in [3.63, 3.8) is 0 Å². The molecule has 0 bridgehead atoms. The highest BCUT2D eigenvalue weighted by Crippen LogP contribution is 2.18. The van der Waals surface area contributed by atoms with Crippen molar-refractivity contribution in [3.8, 4) is 0 Å². The molecule has 2 heterocycles. The predicted molar refractivity (Wildman–Crippen MR) is 61.2 cm³/mol. The first kappa shape index (κ1) is 10.9. The summed E-state index contributed by atoms with van der Waals surface area (Å²) < 4.78 is 7.50. The minimum atomic E-state index is 0.691. The van der Waals surface area contributed by atoms with Gasteiger partial charge in [-0.25, -0.2) is 0 Å². The first-order valence-corrected chi connectivity index (χ1v) is 6.29. The lowest BCUT2D eigenvalue weighted by molar-refractivity contribution is 0.0608. The number of ether oxygens (including phenoxy) is 1.